The van der Waals surface area contributed by atoms with Gasteiger partial charge in [0.15, 0.2) is 0 Å². The number of carbonyl (C=O) groups is 1. The average Bonchev–Trinajstić information content (AvgIpc) is 3.46. The molecule has 0 aromatic carbocycles. The van der Waals surface area contributed by atoms with Crippen molar-refractivity contribution in [3.05, 3.63) is 55.7 Å². The van der Waals surface area contributed by atoms with Crippen LogP contribution in [0.5, 0.6) is 0 Å². The average molecular weight is 470 g/mol. The van der Waals surface area contributed by atoms with E-state index < -0.39 is 0 Å². The number of thiazole rings is 1. The number of ketones is 1. The normalized spacial score (nSPS) is 13.6. The number of pyridine rings is 1. The molecule has 0 spiro atoms. The number of unbranched alkanes of at least 4 members (excludes halogenated alkanes) is 1. The molecule has 0 atom stereocenters. The van der Waals surface area contributed by atoms with Crippen LogP contribution in [0.25, 0.3) is 20.8 Å². The highest BCUT2D eigenvalue weighted by Gasteiger charge is 2.25. The van der Waals surface area contributed by atoms with Gasteiger partial charge >= 0.3 is 0 Å². The fourth-order valence-electron chi connectivity index (χ4n) is 4.16. The Morgan fingerprint density at radius 3 is 2.97 bits per heavy atom. The number of rotatable bonds is 8. The molecule has 0 bridgehead atoms. The number of thiophene rings is 2. The summed E-state index contributed by atoms with van der Waals surface area (Å²) >= 11 is 5.38. The molecule has 0 radical (unpaired) electrons. The van der Waals surface area contributed by atoms with Crippen LogP contribution in [0.2, 0.25) is 0 Å². The molecule has 4 aromatic rings. The van der Waals surface area contributed by atoms with E-state index >= 15 is 0 Å². The Bertz CT molecular complexity index is 1190. The van der Waals surface area contributed by atoms with Crippen LogP contribution in [0, 0.1) is 6.92 Å². The zero-order valence-corrected chi connectivity index (χ0v) is 20.0. The molecule has 4 nitrogen and oxygen atoms in total. The quantitative estimate of drug-likeness (QED) is 0.312. The lowest BCUT2D eigenvalue weighted by atomic mass is 10.00. The molecule has 162 valence electrons. The summed E-state index contributed by atoms with van der Waals surface area (Å²) in [6.07, 6.45) is 8.96. The Morgan fingerprint density at radius 1 is 1.19 bits per heavy atom. The number of carbonyl (C=O) groups excluding carboxylic acids is 1. The first-order chi connectivity index (χ1) is 15.2. The van der Waals surface area contributed by atoms with Gasteiger partial charge in [-0.1, -0.05) is 0 Å². The molecule has 0 fully saturated rings. The van der Waals surface area contributed by atoms with Crippen LogP contribution in [-0.2, 0) is 30.6 Å². The predicted molar refractivity (Wildman–Crippen MR) is 134 cm³/mol. The van der Waals surface area contributed by atoms with Crippen molar-refractivity contribution < 1.29 is 6.22 Å². The number of fused-ring (bicyclic) bond motifs is 2. The molecule has 0 saturated carbocycles. The minimum Gasteiger partial charge on any atom is -0.312 e. The van der Waals surface area contributed by atoms with Gasteiger partial charge in [0.1, 0.15) is 16.3 Å². The Labute approximate surface area is 195 Å². The largest absolute Gasteiger partial charge is 0.312 e. The summed E-state index contributed by atoms with van der Waals surface area (Å²) in [4.78, 5) is 27.3. The number of aromatic nitrogens is 2. The number of nitrogens with one attached hydrogen (secondary N) is 1. The van der Waals surface area contributed by atoms with Crippen molar-refractivity contribution in [2.75, 3.05) is 6.54 Å². The number of aryl methyl sites for hydroxylation is 2. The summed E-state index contributed by atoms with van der Waals surface area (Å²) < 4.78 is 1.15. The van der Waals surface area contributed by atoms with Gasteiger partial charge in [-0.15, -0.1) is 34.0 Å². The molecular formula is C24H27N3OS3. The van der Waals surface area contributed by atoms with Gasteiger partial charge in [0.05, 0.1) is 10.9 Å². The van der Waals surface area contributed by atoms with Crippen molar-refractivity contribution in [1.82, 2.24) is 15.3 Å². The topological polar surface area (TPSA) is 54.9 Å². The smallest absolute Gasteiger partial charge is 0.138 e. The van der Waals surface area contributed by atoms with E-state index in [0.717, 1.165) is 54.0 Å². The molecule has 4 aromatic heterocycles. The van der Waals surface area contributed by atoms with Crippen molar-refractivity contribution in [1.29, 1.82) is 0 Å². The van der Waals surface area contributed by atoms with Gasteiger partial charge in [-0.2, -0.15) is 0 Å². The lowest BCUT2D eigenvalue weighted by molar-refractivity contribution is -0.118. The fraction of sp³-hybridized carbons (Fsp3) is 0.375. The SMILES string of the molecule is Cc1ccc(CCCCC(=O)Cc2sc3c(c2-c2nc4cnccc4s2)CCNC3)s1.[HH]. The van der Waals surface area contributed by atoms with Crippen molar-refractivity contribution in [2.45, 2.75) is 52.0 Å². The van der Waals surface area contributed by atoms with E-state index in [9.17, 15) is 4.79 Å². The number of Topliss-reactive ketones (excluding diaryl/α,β-unsaturated/α-hetero) is 1. The van der Waals surface area contributed by atoms with Crippen molar-refractivity contribution in [2.24, 2.45) is 0 Å². The Hall–Kier alpha value is -1.93. The van der Waals surface area contributed by atoms with Crippen LogP contribution in [0.15, 0.2) is 30.6 Å². The second-order valence-corrected chi connectivity index (χ2v) is 11.6. The zero-order valence-electron chi connectivity index (χ0n) is 17.6. The standard InChI is InChI=1S/C24H25N3OS3.H2/c1-15-6-7-17(29-15)5-3-2-4-16(28)12-21-23(18-8-10-26-14-22(18)30-21)24-27-19-13-25-11-9-20(19)31-24;/h6-7,9,11,13,26H,2-5,8,10,12,14H2,1H3;1H. The molecule has 0 amide bonds. The Kier molecular flexibility index (Phi) is 6.27. The third-order valence-electron chi connectivity index (χ3n) is 5.69. The summed E-state index contributed by atoms with van der Waals surface area (Å²) in [5.74, 6) is 0.345. The van der Waals surface area contributed by atoms with E-state index in [-0.39, 0.29) is 1.43 Å². The lowest BCUT2D eigenvalue weighted by Crippen LogP contribution is -2.22. The maximum absolute atomic E-state index is 12.9. The number of hydrogen-bond donors (Lipinski definition) is 1. The Balaban J connectivity index is 0.00000245. The van der Waals surface area contributed by atoms with Gasteiger partial charge in [-0.25, -0.2) is 4.98 Å². The van der Waals surface area contributed by atoms with Gasteiger partial charge in [-0.05, 0) is 62.9 Å². The van der Waals surface area contributed by atoms with Crippen LogP contribution in [0.1, 0.15) is 45.8 Å². The van der Waals surface area contributed by atoms with Gasteiger partial charge in [0, 0.05) is 52.1 Å². The van der Waals surface area contributed by atoms with Crippen molar-refractivity contribution >= 4 is 50.0 Å². The van der Waals surface area contributed by atoms with E-state index in [1.165, 1.54) is 30.6 Å². The van der Waals surface area contributed by atoms with Crippen LogP contribution >= 0.6 is 34.0 Å². The number of nitrogens with zero attached hydrogens (tertiary/aromatic N) is 2. The molecule has 0 aliphatic carbocycles. The van der Waals surface area contributed by atoms with E-state index in [0.29, 0.717) is 18.6 Å². The molecule has 7 heteroatoms. The van der Waals surface area contributed by atoms with E-state index in [1.807, 2.05) is 29.8 Å². The molecule has 1 aliphatic heterocycles. The number of hydrogen-bond acceptors (Lipinski definition) is 7. The summed E-state index contributed by atoms with van der Waals surface area (Å²) in [5, 5.41) is 4.51. The van der Waals surface area contributed by atoms with Gasteiger partial charge in [0.2, 0.25) is 0 Å². The molecule has 0 unspecified atom stereocenters. The van der Waals surface area contributed by atoms with Gasteiger partial charge < -0.3 is 5.32 Å². The zero-order chi connectivity index (χ0) is 21.2. The molecule has 5 heterocycles. The first kappa shape index (κ1) is 20.9. The van der Waals surface area contributed by atoms with Crippen LogP contribution in [-0.4, -0.2) is 22.3 Å². The summed E-state index contributed by atoms with van der Waals surface area (Å²) in [5.41, 5.74) is 3.56. The maximum Gasteiger partial charge on any atom is 0.138 e. The minimum atomic E-state index is 0. The highest BCUT2D eigenvalue weighted by Crippen LogP contribution is 2.41. The lowest BCUT2D eigenvalue weighted by Gasteiger charge is -2.13. The van der Waals surface area contributed by atoms with Crippen LogP contribution < -0.4 is 5.32 Å². The third kappa shape index (κ3) is 4.65. The molecule has 5 rings (SSSR count). The van der Waals surface area contributed by atoms with E-state index in [1.54, 1.807) is 22.7 Å². The maximum atomic E-state index is 12.9. The van der Waals surface area contributed by atoms with Crippen molar-refractivity contribution in [3.63, 3.8) is 0 Å². The molecule has 1 aliphatic rings. The van der Waals surface area contributed by atoms with Crippen molar-refractivity contribution in [3.8, 4) is 10.6 Å². The third-order valence-corrected chi connectivity index (χ3v) is 9.03. The highest BCUT2D eigenvalue weighted by molar-refractivity contribution is 7.22. The minimum absolute atomic E-state index is 0. The summed E-state index contributed by atoms with van der Waals surface area (Å²) in [7, 11) is 0. The van der Waals surface area contributed by atoms with Crippen LogP contribution in [0.4, 0.5) is 0 Å². The van der Waals surface area contributed by atoms with E-state index in [4.69, 9.17) is 4.98 Å². The Morgan fingerprint density at radius 2 is 2.13 bits per heavy atom. The highest BCUT2D eigenvalue weighted by atomic mass is 32.1. The van der Waals surface area contributed by atoms with E-state index in [2.05, 4.69) is 29.4 Å². The van der Waals surface area contributed by atoms with Gasteiger partial charge in [-0.3, -0.25) is 9.78 Å². The summed E-state index contributed by atoms with van der Waals surface area (Å²) in [6.45, 7) is 4.03. The molecule has 31 heavy (non-hydrogen) atoms. The second-order valence-electron chi connectivity index (χ2n) is 8.03. The predicted octanol–water partition coefficient (Wildman–Crippen LogP) is 6.21. The first-order valence-electron chi connectivity index (χ1n) is 10.8. The molecular weight excluding hydrogens is 442 g/mol. The summed E-state index contributed by atoms with van der Waals surface area (Å²) in [6, 6.07) is 6.42. The first-order valence-corrected chi connectivity index (χ1v) is 13.2. The second kappa shape index (κ2) is 9.28. The van der Waals surface area contributed by atoms with Gasteiger partial charge in [0.25, 0.3) is 0 Å². The monoisotopic (exact) mass is 469 g/mol. The fourth-order valence-corrected chi connectivity index (χ4v) is 7.54. The molecule has 1 N–H and O–H groups in total. The van der Waals surface area contributed by atoms with Crippen LogP contribution in [0.3, 0.4) is 0 Å². The molecule has 0 saturated heterocycles.